The molecule has 5 heteroatoms. The average Bonchev–Trinajstić information content (AvgIpc) is 2.77. The Kier molecular flexibility index (Phi) is 3.37. The van der Waals surface area contributed by atoms with Crippen LogP contribution in [-0.4, -0.2) is 23.9 Å². The van der Waals surface area contributed by atoms with Crippen LogP contribution < -0.4 is 5.73 Å². The molecular formula is C11H15BrN2OS. The number of primary amides is 1. The van der Waals surface area contributed by atoms with Gasteiger partial charge in [-0.1, -0.05) is 0 Å². The molecule has 0 saturated carbocycles. The van der Waals surface area contributed by atoms with E-state index < -0.39 is 0 Å². The number of hydrogen-bond acceptors (Lipinski definition) is 3. The lowest BCUT2D eigenvalue weighted by Crippen LogP contribution is -2.36. The molecule has 0 bridgehead atoms. The van der Waals surface area contributed by atoms with Gasteiger partial charge in [-0.15, -0.1) is 11.3 Å². The van der Waals surface area contributed by atoms with Crippen LogP contribution in [0, 0.1) is 5.41 Å². The zero-order chi connectivity index (χ0) is 11.8. The molecule has 1 amide bonds. The van der Waals surface area contributed by atoms with Gasteiger partial charge in [-0.25, -0.2) is 0 Å². The molecule has 1 atom stereocenters. The van der Waals surface area contributed by atoms with Gasteiger partial charge >= 0.3 is 0 Å². The summed E-state index contributed by atoms with van der Waals surface area (Å²) in [6.45, 7) is 4.58. The fraction of sp³-hybridized carbons (Fsp3) is 0.545. The van der Waals surface area contributed by atoms with Gasteiger partial charge in [0, 0.05) is 22.4 Å². The Bertz CT molecular complexity index is 406. The van der Waals surface area contributed by atoms with E-state index in [1.54, 1.807) is 11.3 Å². The summed E-state index contributed by atoms with van der Waals surface area (Å²) in [7, 11) is 0. The van der Waals surface area contributed by atoms with Crippen molar-refractivity contribution >= 4 is 33.2 Å². The molecular weight excluding hydrogens is 288 g/mol. The number of halogens is 1. The van der Waals surface area contributed by atoms with Crippen molar-refractivity contribution in [3.05, 3.63) is 20.8 Å². The monoisotopic (exact) mass is 302 g/mol. The Morgan fingerprint density at radius 3 is 3.00 bits per heavy atom. The maximum absolute atomic E-state index is 11.3. The molecule has 1 aliphatic rings. The fourth-order valence-electron chi connectivity index (χ4n) is 2.03. The van der Waals surface area contributed by atoms with E-state index in [4.69, 9.17) is 5.73 Å². The maximum atomic E-state index is 11.3. The van der Waals surface area contributed by atoms with Crippen LogP contribution in [0.5, 0.6) is 0 Å². The first-order valence-corrected chi connectivity index (χ1v) is 6.93. The Balaban J connectivity index is 2.00. The van der Waals surface area contributed by atoms with Crippen molar-refractivity contribution in [1.29, 1.82) is 0 Å². The number of carbonyl (C=O) groups is 1. The summed E-state index contributed by atoms with van der Waals surface area (Å²) in [4.78, 5) is 14.9. The second kappa shape index (κ2) is 4.47. The number of rotatable bonds is 3. The summed E-state index contributed by atoms with van der Waals surface area (Å²) >= 11 is 5.26. The van der Waals surface area contributed by atoms with Crippen molar-refractivity contribution < 1.29 is 4.79 Å². The third-order valence-corrected chi connectivity index (χ3v) is 5.12. The predicted octanol–water partition coefficient (Wildman–Crippen LogP) is 2.21. The number of hydrogen-bond donors (Lipinski definition) is 1. The van der Waals surface area contributed by atoms with Gasteiger partial charge in [0.2, 0.25) is 5.91 Å². The van der Waals surface area contributed by atoms with E-state index in [9.17, 15) is 4.79 Å². The zero-order valence-corrected chi connectivity index (χ0v) is 11.6. The van der Waals surface area contributed by atoms with Crippen molar-refractivity contribution in [1.82, 2.24) is 4.90 Å². The molecule has 16 heavy (non-hydrogen) atoms. The number of nitrogens with two attached hydrogens (primary N) is 1. The van der Waals surface area contributed by atoms with E-state index in [1.165, 1.54) is 4.88 Å². The van der Waals surface area contributed by atoms with Crippen LogP contribution in [0.15, 0.2) is 15.9 Å². The van der Waals surface area contributed by atoms with E-state index in [0.29, 0.717) is 0 Å². The van der Waals surface area contributed by atoms with Gasteiger partial charge in [0.1, 0.15) is 0 Å². The molecule has 0 aliphatic carbocycles. The smallest absolute Gasteiger partial charge is 0.224 e. The lowest BCUT2D eigenvalue weighted by atomic mass is 9.89. The van der Waals surface area contributed by atoms with Crippen LogP contribution in [0.4, 0.5) is 0 Å². The molecule has 1 aromatic rings. The molecule has 3 nitrogen and oxygen atoms in total. The topological polar surface area (TPSA) is 46.3 Å². The maximum Gasteiger partial charge on any atom is 0.224 e. The third kappa shape index (κ3) is 2.31. The Hall–Kier alpha value is -0.390. The van der Waals surface area contributed by atoms with Crippen molar-refractivity contribution in [3.8, 4) is 0 Å². The number of carbonyl (C=O) groups excluding carboxylic acids is 1. The van der Waals surface area contributed by atoms with Crippen LogP contribution in [-0.2, 0) is 11.3 Å². The molecule has 2 rings (SSSR count). The normalized spacial score (nSPS) is 26.1. The number of thiophene rings is 1. The zero-order valence-electron chi connectivity index (χ0n) is 9.20. The van der Waals surface area contributed by atoms with Gasteiger partial charge in [-0.3, -0.25) is 9.69 Å². The largest absolute Gasteiger partial charge is 0.369 e. The van der Waals surface area contributed by atoms with Gasteiger partial charge in [-0.2, -0.15) is 0 Å². The summed E-state index contributed by atoms with van der Waals surface area (Å²) in [6, 6.07) is 2.06. The molecule has 0 aromatic carbocycles. The van der Waals surface area contributed by atoms with Crippen LogP contribution in [0.1, 0.15) is 18.2 Å². The first kappa shape index (κ1) is 12.1. The quantitative estimate of drug-likeness (QED) is 0.930. The summed E-state index contributed by atoms with van der Waals surface area (Å²) in [5.74, 6) is -0.180. The standard InChI is InChI=1S/C11H15BrN2OS/c1-11(10(13)15)3-4-14(7-11)6-9-8(12)2-5-16-9/h2,5H,3-4,6-7H2,1H3,(H2,13,15). The molecule has 1 fully saturated rings. The molecule has 1 aliphatic heterocycles. The Labute approximate surface area is 108 Å². The van der Waals surface area contributed by atoms with Crippen molar-refractivity contribution in [3.63, 3.8) is 0 Å². The SMILES string of the molecule is CC1(C(N)=O)CCN(Cc2sccc2Br)C1. The van der Waals surface area contributed by atoms with Crippen LogP contribution in [0.2, 0.25) is 0 Å². The highest BCUT2D eigenvalue weighted by Gasteiger charge is 2.38. The van der Waals surface area contributed by atoms with Crippen molar-refractivity contribution in [2.45, 2.75) is 19.9 Å². The summed E-state index contributed by atoms with van der Waals surface area (Å²) in [5, 5.41) is 2.07. The van der Waals surface area contributed by atoms with Crippen LogP contribution in [0.3, 0.4) is 0 Å². The summed E-state index contributed by atoms with van der Waals surface area (Å²) in [6.07, 6.45) is 0.866. The second-order valence-electron chi connectivity index (χ2n) is 4.58. The van der Waals surface area contributed by atoms with Gasteiger partial charge in [0.15, 0.2) is 0 Å². The minimum Gasteiger partial charge on any atom is -0.369 e. The van der Waals surface area contributed by atoms with E-state index in [0.717, 1.165) is 30.5 Å². The number of nitrogens with zero attached hydrogens (tertiary/aromatic N) is 1. The first-order chi connectivity index (χ1) is 7.51. The lowest BCUT2D eigenvalue weighted by Gasteiger charge is -2.20. The molecule has 0 spiro atoms. The molecule has 2 heterocycles. The van der Waals surface area contributed by atoms with Gasteiger partial charge in [0.05, 0.1) is 5.41 Å². The van der Waals surface area contributed by atoms with Gasteiger partial charge in [-0.05, 0) is 47.3 Å². The van der Waals surface area contributed by atoms with E-state index in [-0.39, 0.29) is 11.3 Å². The Morgan fingerprint density at radius 2 is 2.50 bits per heavy atom. The van der Waals surface area contributed by atoms with E-state index in [1.807, 2.05) is 6.92 Å². The van der Waals surface area contributed by atoms with Gasteiger partial charge < -0.3 is 5.73 Å². The highest BCUT2D eigenvalue weighted by molar-refractivity contribution is 9.10. The van der Waals surface area contributed by atoms with E-state index in [2.05, 4.69) is 32.3 Å². The highest BCUT2D eigenvalue weighted by Crippen LogP contribution is 2.32. The average molecular weight is 303 g/mol. The van der Waals surface area contributed by atoms with Crippen LogP contribution in [0.25, 0.3) is 0 Å². The molecule has 88 valence electrons. The van der Waals surface area contributed by atoms with Crippen molar-refractivity contribution in [2.24, 2.45) is 11.1 Å². The minimum absolute atomic E-state index is 0.180. The molecule has 1 unspecified atom stereocenters. The van der Waals surface area contributed by atoms with Crippen LogP contribution >= 0.6 is 27.3 Å². The fourth-order valence-corrected chi connectivity index (χ4v) is 3.55. The minimum atomic E-state index is -0.344. The predicted molar refractivity (Wildman–Crippen MR) is 69.2 cm³/mol. The molecule has 0 radical (unpaired) electrons. The van der Waals surface area contributed by atoms with E-state index >= 15 is 0 Å². The van der Waals surface area contributed by atoms with Gasteiger partial charge in [0.25, 0.3) is 0 Å². The van der Waals surface area contributed by atoms with Crippen molar-refractivity contribution in [2.75, 3.05) is 13.1 Å². The second-order valence-corrected chi connectivity index (χ2v) is 6.43. The number of amides is 1. The summed E-state index contributed by atoms with van der Waals surface area (Å²) in [5.41, 5.74) is 5.08. The third-order valence-electron chi connectivity index (χ3n) is 3.21. The Morgan fingerprint density at radius 1 is 1.75 bits per heavy atom. The summed E-state index contributed by atoms with van der Waals surface area (Å²) < 4.78 is 1.16. The molecule has 1 aromatic heterocycles. The highest BCUT2D eigenvalue weighted by atomic mass is 79.9. The number of likely N-dealkylation sites (tertiary alicyclic amines) is 1. The molecule has 2 N–H and O–H groups in total. The molecule has 1 saturated heterocycles. The lowest BCUT2D eigenvalue weighted by molar-refractivity contribution is -0.126. The first-order valence-electron chi connectivity index (χ1n) is 5.25.